The van der Waals surface area contributed by atoms with Crippen molar-refractivity contribution in [3.8, 4) is 0 Å². The summed E-state index contributed by atoms with van der Waals surface area (Å²) in [6.07, 6.45) is 7.25. The molecule has 0 saturated heterocycles. The van der Waals surface area contributed by atoms with Crippen molar-refractivity contribution < 1.29 is 14.4 Å². The Labute approximate surface area is 195 Å². The van der Waals surface area contributed by atoms with E-state index in [1.165, 1.54) is 12.8 Å². The zero-order valence-electron chi connectivity index (χ0n) is 20.0. The highest BCUT2D eigenvalue weighted by Crippen LogP contribution is 2.37. The monoisotopic (exact) mass is 450 g/mol. The van der Waals surface area contributed by atoms with E-state index >= 15 is 0 Å². The van der Waals surface area contributed by atoms with Crippen LogP contribution in [0.2, 0.25) is 0 Å². The summed E-state index contributed by atoms with van der Waals surface area (Å²) < 4.78 is 0. The standard InChI is InChI=1S/C26H34N4O3/c1-5-18-22-20(12-26(3,4)13-21(22)31)29-23(18)25(33)30-19(11-9-16-7-8-16)24(32)28-17-10-6-15(2)27-14-17/h6,10,14,16,19,29H,5,7-9,11-13H2,1-4H3,(H,28,32)(H,30,33). The van der Waals surface area contributed by atoms with Crippen molar-refractivity contribution in [2.75, 3.05) is 5.32 Å². The molecule has 33 heavy (non-hydrogen) atoms. The summed E-state index contributed by atoms with van der Waals surface area (Å²) >= 11 is 0. The lowest BCUT2D eigenvalue weighted by Crippen LogP contribution is -2.44. The highest BCUT2D eigenvalue weighted by Gasteiger charge is 2.36. The van der Waals surface area contributed by atoms with Crippen LogP contribution in [0.15, 0.2) is 18.3 Å². The van der Waals surface area contributed by atoms with E-state index in [1.54, 1.807) is 6.20 Å². The number of carbonyl (C=O) groups excluding carboxylic acids is 3. The van der Waals surface area contributed by atoms with Crippen molar-refractivity contribution >= 4 is 23.3 Å². The second-order valence-electron chi connectivity index (χ2n) is 10.4. The van der Waals surface area contributed by atoms with Crippen LogP contribution in [0.5, 0.6) is 0 Å². The van der Waals surface area contributed by atoms with Crippen LogP contribution in [0.3, 0.4) is 0 Å². The molecular weight excluding hydrogens is 416 g/mol. The van der Waals surface area contributed by atoms with Crippen molar-refractivity contribution in [3.63, 3.8) is 0 Å². The molecule has 0 aliphatic heterocycles. The first-order chi connectivity index (χ1) is 15.7. The molecule has 0 aromatic carbocycles. The zero-order valence-corrected chi connectivity index (χ0v) is 20.0. The van der Waals surface area contributed by atoms with Crippen LogP contribution in [0.4, 0.5) is 5.69 Å². The van der Waals surface area contributed by atoms with Gasteiger partial charge in [-0.2, -0.15) is 0 Å². The number of nitrogens with zero attached hydrogens (tertiary/aromatic N) is 1. The molecule has 7 nitrogen and oxygen atoms in total. The number of aromatic amines is 1. The summed E-state index contributed by atoms with van der Waals surface area (Å²) in [6.45, 7) is 7.97. The lowest BCUT2D eigenvalue weighted by Gasteiger charge is -2.28. The maximum atomic E-state index is 13.3. The number of aromatic nitrogens is 2. The van der Waals surface area contributed by atoms with E-state index < -0.39 is 6.04 Å². The van der Waals surface area contributed by atoms with Gasteiger partial charge in [-0.15, -0.1) is 0 Å². The van der Waals surface area contributed by atoms with Crippen molar-refractivity contribution in [1.29, 1.82) is 0 Å². The Bertz CT molecular complexity index is 1060. The smallest absolute Gasteiger partial charge is 0.268 e. The van der Waals surface area contributed by atoms with Crippen molar-refractivity contribution in [2.45, 2.75) is 78.7 Å². The number of amides is 2. The van der Waals surface area contributed by atoms with Gasteiger partial charge >= 0.3 is 0 Å². The van der Waals surface area contributed by atoms with Gasteiger partial charge in [0.1, 0.15) is 11.7 Å². The number of rotatable bonds is 8. The van der Waals surface area contributed by atoms with Gasteiger partial charge in [0.25, 0.3) is 5.91 Å². The van der Waals surface area contributed by atoms with Gasteiger partial charge in [-0.25, -0.2) is 0 Å². The molecule has 2 amide bonds. The number of fused-ring (bicyclic) bond motifs is 1. The van der Waals surface area contributed by atoms with Gasteiger partial charge in [0.2, 0.25) is 5.91 Å². The maximum Gasteiger partial charge on any atom is 0.268 e. The third kappa shape index (κ3) is 5.34. The average Bonchev–Trinajstić information content (AvgIpc) is 3.50. The molecule has 4 rings (SSSR count). The Morgan fingerprint density at radius 3 is 2.64 bits per heavy atom. The molecule has 176 valence electrons. The molecule has 2 aromatic heterocycles. The molecule has 0 radical (unpaired) electrons. The van der Waals surface area contributed by atoms with Gasteiger partial charge in [0, 0.05) is 23.4 Å². The number of aryl methyl sites for hydroxylation is 1. The predicted molar refractivity (Wildman–Crippen MR) is 127 cm³/mol. The van der Waals surface area contributed by atoms with E-state index in [9.17, 15) is 14.4 Å². The van der Waals surface area contributed by atoms with Crippen LogP contribution in [0.25, 0.3) is 0 Å². The van der Waals surface area contributed by atoms with E-state index in [-0.39, 0.29) is 23.0 Å². The minimum absolute atomic E-state index is 0.0864. The first kappa shape index (κ1) is 23.2. The molecule has 1 saturated carbocycles. The van der Waals surface area contributed by atoms with Gasteiger partial charge in [-0.3, -0.25) is 19.4 Å². The molecule has 2 heterocycles. The third-order valence-electron chi connectivity index (χ3n) is 6.70. The van der Waals surface area contributed by atoms with E-state index in [4.69, 9.17) is 0 Å². The molecule has 0 bridgehead atoms. The highest BCUT2D eigenvalue weighted by molar-refractivity contribution is 6.06. The number of hydrogen-bond acceptors (Lipinski definition) is 4. The fourth-order valence-corrected chi connectivity index (χ4v) is 4.76. The lowest BCUT2D eigenvalue weighted by atomic mass is 9.75. The Hall–Kier alpha value is -2.96. The van der Waals surface area contributed by atoms with Gasteiger partial charge in [-0.1, -0.05) is 33.6 Å². The Morgan fingerprint density at radius 2 is 2.00 bits per heavy atom. The highest BCUT2D eigenvalue weighted by atomic mass is 16.2. The molecule has 2 aliphatic rings. The quantitative estimate of drug-likeness (QED) is 0.556. The van der Waals surface area contributed by atoms with E-state index in [1.807, 2.05) is 26.0 Å². The van der Waals surface area contributed by atoms with Crippen LogP contribution in [0, 0.1) is 18.3 Å². The number of carbonyl (C=O) groups is 3. The van der Waals surface area contributed by atoms with Crippen LogP contribution >= 0.6 is 0 Å². The summed E-state index contributed by atoms with van der Waals surface area (Å²) in [5.74, 6) is 0.150. The number of Topliss-reactive ketones (excluding diaryl/α,β-unsaturated/α-hetero) is 1. The number of anilines is 1. The van der Waals surface area contributed by atoms with Crippen LogP contribution in [-0.2, 0) is 17.6 Å². The summed E-state index contributed by atoms with van der Waals surface area (Å²) in [5, 5.41) is 5.84. The van der Waals surface area contributed by atoms with Crippen LogP contribution < -0.4 is 10.6 Å². The van der Waals surface area contributed by atoms with Gasteiger partial charge in [-0.05, 0) is 61.6 Å². The molecule has 0 spiro atoms. The summed E-state index contributed by atoms with van der Waals surface area (Å²) in [5.41, 5.74) is 4.01. The fourth-order valence-electron chi connectivity index (χ4n) is 4.76. The second-order valence-corrected chi connectivity index (χ2v) is 10.4. The molecule has 2 aliphatic carbocycles. The van der Waals surface area contributed by atoms with Gasteiger partial charge in [0.15, 0.2) is 5.78 Å². The Morgan fingerprint density at radius 1 is 1.24 bits per heavy atom. The Kier molecular flexibility index (Phi) is 6.41. The SMILES string of the molecule is CCc1c(C(=O)NC(CCC2CC2)C(=O)Nc2ccc(C)nc2)[nH]c2c1C(=O)CC(C)(C)C2. The van der Waals surface area contributed by atoms with Gasteiger partial charge < -0.3 is 15.6 Å². The van der Waals surface area contributed by atoms with Crippen LogP contribution in [0.1, 0.15) is 90.7 Å². The summed E-state index contributed by atoms with van der Waals surface area (Å²) in [6, 6.07) is 2.99. The van der Waals surface area contributed by atoms with E-state index in [0.717, 1.165) is 29.8 Å². The topological polar surface area (TPSA) is 104 Å². The minimum Gasteiger partial charge on any atom is -0.354 e. The minimum atomic E-state index is -0.656. The van der Waals surface area contributed by atoms with E-state index in [2.05, 4.69) is 34.4 Å². The molecular formula is C26H34N4O3. The van der Waals surface area contributed by atoms with E-state index in [0.29, 0.717) is 42.1 Å². The average molecular weight is 451 g/mol. The molecule has 7 heteroatoms. The fraction of sp³-hybridized carbons (Fsp3) is 0.538. The lowest BCUT2D eigenvalue weighted by molar-refractivity contribution is -0.118. The maximum absolute atomic E-state index is 13.3. The summed E-state index contributed by atoms with van der Waals surface area (Å²) in [4.78, 5) is 46.7. The molecule has 1 atom stereocenters. The van der Waals surface area contributed by atoms with Crippen molar-refractivity contribution in [1.82, 2.24) is 15.3 Å². The number of ketones is 1. The third-order valence-corrected chi connectivity index (χ3v) is 6.70. The largest absolute Gasteiger partial charge is 0.354 e. The number of pyridine rings is 1. The van der Waals surface area contributed by atoms with Crippen molar-refractivity contribution in [2.24, 2.45) is 11.3 Å². The Balaban J connectivity index is 1.54. The number of nitrogens with one attached hydrogen (secondary N) is 3. The zero-order chi connectivity index (χ0) is 23.8. The normalized spacial score (nSPS) is 17.9. The molecule has 3 N–H and O–H groups in total. The van der Waals surface area contributed by atoms with Crippen LogP contribution in [-0.4, -0.2) is 33.6 Å². The first-order valence-corrected chi connectivity index (χ1v) is 12.0. The molecule has 1 fully saturated rings. The van der Waals surface area contributed by atoms with Crippen molar-refractivity contribution in [3.05, 3.63) is 46.5 Å². The second kappa shape index (κ2) is 9.12. The summed E-state index contributed by atoms with van der Waals surface area (Å²) in [7, 11) is 0. The van der Waals surface area contributed by atoms with Gasteiger partial charge in [0.05, 0.1) is 11.9 Å². The first-order valence-electron chi connectivity index (χ1n) is 12.0. The number of H-pyrrole nitrogens is 1. The molecule has 1 unspecified atom stereocenters. The number of hydrogen-bond donors (Lipinski definition) is 3. The predicted octanol–water partition coefficient (Wildman–Crippen LogP) is 4.36. The molecule has 2 aromatic rings.